The van der Waals surface area contributed by atoms with Crippen molar-refractivity contribution in [1.29, 1.82) is 0 Å². The number of primary amides is 2. The highest BCUT2D eigenvalue weighted by atomic mass is 16.3. The van der Waals surface area contributed by atoms with Crippen LogP contribution in [0.1, 0.15) is 59.2 Å². The molecule has 3 rings (SSSR count). The van der Waals surface area contributed by atoms with Crippen LogP contribution in [0.15, 0.2) is 60.7 Å². The molecule has 0 radical (unpaired) electrons. The van der Waals surface area contributed by atoms with Gasteiger partial charge in [0.05, 0.1) is 0 Å². The summed E-state index contributed by atoms with van der Waals surface area (Å²) in [5.41, 5.74) is 14.8. The Kier molecular flexibility index (Phi) is 13.2. The molecule has 0 aliphatic rings. The molecule has 0 unspecified atom stereocenters. The van der Waals surface area contributed by atoms with Crippen LogP contribution in [0.5, 0.6) is 0 Å². The van der Waals surface area contributed by atoms with Gasteiger partial charge in [-0.15, -0.1) is 0 Å². The van der Waals surface area contributed by atoms with Gasteiger partial charge in [-0.3, -0.25) is 9.59 Å². The van der Waals surface area contributed by atoms with E-state index in [9.17, 15) is 19.2 Å². The Hall–Kier alpha value is -4.94. The Morgan fingerprint density at radius 2 is 0.886 bits per heavy atom. The minimum atomic E-state index is -0.700. The summed E-state index contributed by atoms with van der Waals surface area (Å²) in [6.07, 6.45) is 4.48. The molecule has 12 nitrogen and oxygen atoms in total. The SMILES string of the molecule is NC(=O)c1ccc(C(N)=O)c(-c2ccc(NC(=O)NCCCCCO)cc2)c1-c1ccc(NC(=O)NCCCCCO)cc1. The van der Waals surface area contributed by atoms with E-state index >= 15 is 0 Å². The molecule has 0 saturated carbocycles. The molecule has 0 heterocycles. The number of benzene rings is 3. The number of urea groups is 2. The number of nitrogens with one attached hydrogen (secondary N) is 4. The van der Waals surface area contributed by atoms with Crippen molar-refractivity contribution in [2.45, 2.75) is 38.5 Å². The maximum Gasteiger partial charge on any atom is 0.319 e. The number of rotatable bonds is 16. The second-order valence-corrected chi connectivity index (χ2v) is 10.1. The number of carbonyl (C=O) groups excluding carboxylic acids is 4. The summed E-state index contributed by atoms with van der Waals surface area (Å²) < 4.78 is 0. The van der Waals surface area contributed by atoms with Gasteiger partial charge >= 0.3 is 12.1 Å². The number of anilines is 2. The topological polar surface area (TPSA) is 209 Å². The summed E-state index contributed by atoms with van der Waals surface area (Å²) in [5.74, 6) is -1.40. The molecule has 0 saturated heterocycles. The normalized spacial score (nSPS) is 10.6. The first-order valence-corrected chi connectivity index (χ1v) is 14.5. The first-order chi connectivity index (χ1) is 21.2. The summed E-state index contributed by atoms with van der Waals surface area (Å²) in [6.45, 7) is 1.18. The van der Waals surface area contributed by atoms with Crippen molar-refractivity contribution in [3.05, 3.63) is 71.8 Å². The van der Waals surface area contributed by atoms with Gasteiger partial charge in [0, 0.05) is 59.9 Å². The fourth-order valence-electron chi connectivity index (χ4n) is 4.64. The lowest BCUT2D eigenvalue weighted by Crippen LogP contribution is -2.29. The van der Waals surface area contributed by atoms with Crippen molar-refractivity contribution >= 4 is 35.3 Å². The van der Waals surface area contributed by atoms with Gasteiger partial charge in [-0.2, -0.15) is 0 Å². The second-order valence-electron chi connectivity index (χ2n) is 10.1. The van der Waals surface area contributed by atoms with E-state index in [4.69, 9.17) is 21.7 Å². The van der Waals surface area contributed by atoms with Gasteiger partial charge < -0.3 is 42.9 Å². The van der Waals surface area contributed by atoms with Crippen LogP contribution in [0, 0.1) is 0 Å². The fraction of sp³-hybridized carbons (Fsp3) is 0.312. The molecule has 0 aromatic heterocycles. The number of aliphatic hydroxyl groups excluding tert-OH is 2. The Morgan fingerprint density at radius 3 is 1.20 bits per heavy atom. The van der Waals surface area contributed by atoms with Gasteiger partial charge in [-0.05, 0) is 86.1 Å². The standard InChI is InChI=1S/C32H40N6O6/c33-29(41)25-15-16-26(30(34)42)28(22-9-13-24(14-10-22)38-32(44)36-18-4-2-6-20-40)27(25)21-7-11-23(12-8-21)37-31(43)35-17-3-1-5-19-39/h7-16,39-40H,1-6,17-20H2,(H2,33,41)(H2,34,42)(H2,35,37,43)(H2,36,38,44). The molecule has 44 heavy (non-hydrogen) atoms. The Labute approximate surface area is 256 Å². The third-order valence-electron chi connectivity index (χ3n) is 6.84. The maximum absolute atomic E-state index is 12.5. The number of carbonyl (C=O) groups is 4. The molecule has 0 atom stereocenters. The second kappa shape index (κ2) is 17.2. The smallest absolute Gasteiger partial charge is 0.319 e. The van der Waals surface area contributed by atoms with Crippen LogP contribution in [-0.4, -0.2) is 60.4 Å². The number of amides is 6. The van der Waals surface area contributed by atoms with Crippen molar-refractivity contribution in [2.75, 3.05) is 36.9 Å². The summed E-state index contributed by atoms with van der Waals surface area (Å²) in [5, 5.41) is 28.7. The van der Waals surface area contributed by atoms with Gasteiger partial charge in [0.15, 0.2) is 0 Å². The van der Waals surface area contributed by atoms with Gasteiger partial charge in [0.1, 0.15) is 0 Å². The molecule has 3 aromatic rings. The zero-order valence-electron chi connectivity index (χ0n) is 24.5. The number of unbranched alkanes of at least 4 members (excludes halogenated alkanes) is 4. The molecular weight excluding hydrogens is 564 g/mol. The minimum absolute atomic E-state index is 0.120. The predicted molar refractivity (Wildman–Crippen MR) is 170 cm³/mol. The molecule has 0 aliphatic heterocycles. The van der Waals surface area contributed by atoms with Gasteiger partial charge in [0.2, 0.25) is 11.8 Å². The summed E-state index contributed by atoms with van der Waals surface area (Å²) >= 11 is 0. The Morgan fingerprint density at radius 1 is 0.523 bits per heavy atom. The zero-order chi connectivity index (χ0) is 31.9. The van der Waals surface area contributed by atoms with E-state index in [1.54, 1.807) is 48.5 Å². The van der Waals surface area contributed by atoms with E-state index < -0.39 is 11.8 Å². The average molecular weight is 605 g/mol. The number of hydrogen-bond acceptors (Lipinski definition) is 6. The van der Waals surface area contributed by atoms with Crippen molar-refractivity contribution in [1.82, 2.24) is 10.6 Å². The van der Waals surface area contributed by atoms with Crippen LogP contribution in [-0.2, 0) is 0 Å². The van der Waals surface area contributed by atoms with Crippen LogP contribution in [0.2, 0.25) is 0 Å². The lowest BCUT2D eigenvalue weighted by Gasteiger charge is -2.18. The minimum Gasteiger partial charge on any atom is -0.396 e. The number of aliphatic hydroxyl groups is 2. The number of hydrogen-bond donors (Lipinski definition) is 8. The molecule has 3 aromatic carbocycles. The Balaban J connectivity index is 1.86. The van der Waals surface area contributed by atoms with Gasteiger partial charge in [-0.1, -0.05) is 24.3 Å². The third kappa shape index (κ3) is 9.82. The number of nitrogens with two attached hydrogens (primary N) is 2. The largest absolute Gasteiger partial charge is 0.396 e. The van der Waals surface area contributed by atoms with Crippen molar-refractivity contribution in [2.24, 2.45) is 11.5 Å². The molecule has 0 fully saturated rings. The average Bonchev–Trinajstić information content (AvgIpc) is 3.01. The third-order valence-corrected chi connectivity index (χ3v) is 6.84. The molecule has 12 heteroatoms. The predicted octanol–water partition coefficient (Wildman–Crippen LogP) is 3.79. The molecule has 0 spiro atoms. The van der Waals surface area contributed by atoms with Gasteiger partial charge in [0.25, 0.3) is 0 Å². The first-order valence-electron chi connectivity index (χ1n) is 14.5. The highest BCUT2D eigenvalue weighted by Gasteiger charge is 2.22. The molecule has 6 amide bonds. The molecule has 10 N–H and O–H groups in total. The lowest BCUT2D eigenvalue weighted by atomic mass is 9.86. The monoisotopic (exact) mass is 604 g/mol. The highest BCUT2D eigenvalue weighted by Crippen LogP contribution is 2.38. The van der Waals surface area contributed by atoms with E-state index in [2.05, 4.69) is 21.3 Å². The van der Waals surface area contributed by atoms with Crippen molar-refractivity contribution in [3.63, 3.8) is 0 Å². The highest BCUT2D eigenvalue weighted by molar-refractivity contribution is 6.10. The molecule has 234 valence electrons. The van der Waals surface area contributed by atoms with E-state index in [-0.39, 0.29) is 36.4 Å². The van der Waals surface area contributed by atoms with E-state index in [1.165, 1.54) is 12.1 Å². The van der Waals surface area contributed by atoms with Crippen LogP contribution in [0.25, 0.3) is 22.3 Å². The van der Waals surface area contributed by atoms with Crippen LogP contribution < -0.4 is 32.7 Å². The van der Waals surface area contributed by atoms with Crippen LogP contribution in [0.4, 0.5) is 21.0 Å². The molecular formula is C32H40N6O6. The van der Waals surface area contributed by atoms with E-state index in [0.29, 0.717) is 59.6 Å². The summed E-state index contributed by atoms with van der Waals surface area (Å²) in [7, 11) is 0. The lowest BCUT2D eigenvalue weighted by molar-refractivity contribution is 0.0989. The molecule has 0 aliphatic carbocycles. The molecule has 0 bridgehead atoms. The maximum atomic E-state index is 12.5. The van der Waals surface area contributed by atoms with Crippen LogP contribution >= 0.6 is 0 Å². The first kappa shape index (κ1) is 33.6. The fourth-order valence-corrected chi connectivity index (χ4v) is 4.64. The van der Waals surface area contributed by atoms with Crippen molar-refractivity contribution < 1.29 is 29.4 Å². The summed E-state index contributed by atoms with van der Waals surface area (Å²) in [6, 6.07) is 15.6. The van der Waals surface area contributed by atoms with Crippen molar-refractivity contribution in [3.8, 4) is 22.3 Å². The summed E-state index contributed by atoms with van der Waals surface area (Å²) in [4.78, 5) is 49.6. The van der Waals surface area contributed by atoms with Gasteiger partial charge in [-0.25, -0.2) is 9.59 Å². The zero-order valence-corrected chi connectivity index (χ0v) is 24.5. The van der Waals surface area contributed by atoms with Crippen LogP contribution in [0.3, 0.4) is 0 Å². The van der Waals surface area contributed by atoms with E-state index in [0.717, 1.165) is 25.7 Å². The quantitative estimate of drug-likeness (QED) is 0.114. The van der Waals surface area contributed by atoms with E-state index in [1.807, 2.05) is 0 Å². The Bertz CT molecular complexity index is 1320.